The molecule has 5 nitrogen and oxygen atoms in total. The molecule has 0 amide bonds. The Hall–Kier alpha value is -1.39. The molecular formula is C13H23N3O2. The zero-order valence-electron chi connectivity index (χ0n) is 11.6. The summed E-state index contributed by atoms with van der Waals surface area (Å²) in [5.41, 5.74) is -0.249. The summed E-state index contributed by atoms with van der Waals surface area (Å²) in [6, 6.07) is 0. The Morgan fingerprint density at radius 3 is 2.33 bits per heavy atom. The van der Waals surface area contributed by atoms with E-state index in [0.29, 0.717) is 12.2 Å². The number of nitrogens with zero attached hydrogens (tertiary/aromatic N) is 3. The molecule has 1 aromatic heterocycles. The minimum absolute atomic E-state index is 0.306. The topological polar surface area (TPSA) is 56.9 Å². The molecule has 0 aromatic carbocycles. The van der Waals surface area contributed by atoms with Crippen LogP contribution in [0.4, 0.5) is 0 Å². The lowest BCUT2D eigenvalue weighted by molar-refractivity contribution is 0.473. The predicted molar refractivity (Wildman–Crippen MR) is 71.9 cm³/mol. The van der Waals surface area contributed by atoms with Gasteiger partial charge in [0, 0.05) is 13.6 Å². The summed E-state index contributed by atoms with van der Waals surface area (Å²) >= 11 is 0. The van der Waals surface area contributed by atoms with Crippen LogP contribution in [0, 0.1) is 6.92 Å². The maximum Gasteiger partial charge on any atom is 0.347 e. The number of hydrogen-bond donors (Lipinski definition) is 0. The average Bonchev–Trinajstić information content (AvgIpc) is 2.37. The van der Waals surface area contributed by atoms with Gasteiger partial charge in [0.05, 0.1) is 0 Å². The van der Waals surface area contributed by atoms with Crippen LogP contribution in [0.1, 0.15) is 51.1 Å². The maximum absolute atomic E-state index is 11.8. The lowest BCUT2D eigenvalue weighted by Crippen LogP contribution is -2.41. The first-order valence-corrected chi connectivity index (χ1v) is 6.72. The van der Waals surface area contributed by atoms with E-state index in [0.717, 1.165) is 17.4 Å². The highest BCUT2D eigenvalue weighted by atomic mass is 16.2. The Morgan fingerprint density at radius 1 is 1.06 bits per heavy atom. The van der Waals surface area contributed by atoms with Crippen LogP contribution in [-0.4, -0.2) is 14.3 Å². The molecule has 102 valence electrons. The first-order valence-electron chi connectivity index (χ1n) is 6.72. The number of aryl methyl sites for hydroxylation is 2. The lowest BCUT2D eigenvalue weighted by Gasteiger charge is -2.07. The van der Waals surface area contributed by atoms with Gasteiger partial charge in [-0.05, 0) is 13.3 Å². The van der Waals surface area contributed by atoms with Crippen LogP contribution in [0.5, 0.6) is 0 Å². The third-order valence-electron chi connectivity index (χ3n) is 3.12. The molecule has 0 N–H and O–H groups in total. The second-order valence-corrected chi connectivity index (χ2v) is 4.72. The largest absolute Gasteiger partial charge is 0.347 e. The summed E-state index contributed by atoms with van der Waals surface area (Å²) in [5, 5.41) is 4.04. The van der Waals surface area contributed by atoms with Crippen molar-refractivity contribution < 1.29 is 0 Å². The normalized spacial score (nSPS) is 10.8. The van der Waals surface area contributed by atoms with Gasteiger partial charge in [-0.25, -0.2) is 9.48 Å². The number of rotatable bonds is 7. The van der Waals surface area contributed by atoms with E-state index >= 15 is 0 Å². The zero-order chi connectivity index (χ0) is 13.5. The lowest BCUT2D eigenvalue weighted by atomic mass is 10.1. The molecule has 18 heavy (non-hydrogen) atoms. The molecule has 0 saturated carbocycles. The van der Waals surface area contributed by atoms with Crippen molar-refractivity contribution in [3.63, 3.8) is 0 Å². The van der Waals surface area contributed by atoms with Crippen LogP contribution < -0.4 is 11.2 Å². The van der Waals surface area contributed by atoms with Gasteiger partial charge in [0.25, 0.3) is 5.56 Å². The van der Waals surface area contributed by atoms with Crippen molar-refractivity contribution >= 4 is 0 Å². The molecular weight excluding hydrogens is 230 g/mol. The molecule has 0 radical (unpaired) electrons. The van der Waals surface area contributed by atoms with Crippen LogP contribution in [0.15, 0.2) is 9.59 Å². The Labute approximate surface area is 107 Å². The summed E-state index contributed by atoms with van der Waals surface area (Å²) in [4.78, 5) is 23.2. The van der Waals surface area contributed by atoms with Crippen molar-refractivity contribution in [1.82, 2.24) is 14.3 Å². The summed E-state index contributed by atoms with van der Waals surface area (Å²) in [6.07, 6.45) is 7.01. The molecule has 1 rings (SSSR count). The Kier molecular flexibility index (Phi) is 5.82. The highest BCUT2D eigenvalue weighted by Gasteiger charge is 2.06. The first kappa shape index (κ1) is 14.7. The average molecular weight is 253 g/mol. The minimum atomic E-state index is -0.320. The van der Waals surface area contributed by atoms with Crippen LogP contribution >= 0.6 is 0 Å². The molecule has 0 aliphatic heterocycles. The van der Waals surface area contributed by atoms with Crippen molar-refractivity contribution in [2.24, 2.45) is 7.05 Å². The third kappa shape index (κ3) is 3.82. The minimum Gasteiger partial charge on any atom is -0.267 e. The van der Waals surface area contributed by atoms with E-state index < -0.39 is 0 Å². The van der Waals surface area contributed by atoms with Gasteiger partial charge in [-0.2, -0.15) is 5.10 Å². The monoisotopic (exact) mass is 253 g/mol. The van der Waals surface area contributed by atoms with Gasteiger partial charge in [0.2, 0.25) is 0 Å². The van der Waals surface area contributed by atoms with E-state index in [2.05, 4.69) is 12.0 Å². The van der Waals surface area contributed by atoms with Gasteiger partial charge < -0.3 is 0 Å². The van der Waals surface area contributed by atoms with Crippen molar-refractivity contribution in [3.8, 4) is 0 Å². The Morgan fingerprint density at radius 2 is 1.67 bits per heavy atom. The summed E-state index contributed by atoms with van der Waals surface area (Å²) in [5.74, 6) is 0. The number of unbranched alkanes of at least 4 members (excludes halogenated alkanes) is 5. The Balaban J connectivity index is 2.53. The SMILES string of the molecule is CCCCCCCCn1nc(C)c(=O)n(C)c1=O. The van der Waals surface area contributed by atoms with Crippen LogP contribution in [0.2, 0.25) is 0 Å². The third-order valence-corrected chi connectivity index (χ3v) is 3.12. The van der Waals surface area contributed by atoms with Crippen LogP contribution in [0.3, 0.4) is 0 Å². The molecule has 0 unspecified atom stereocenters. The van der Waals surface area contributed by atoms with E-state index in [1.807, 2.05) is 0 Å². The zero-order valence-corrected chi connectivity index (χ0v) is 11.6. The molecule has 0 aliphatic rings. The van der Waals surface area contributed by atoms with Gasteiger partial charge in [-0.3, -0.25) is 9.36 Å². The quantitative estimate of drug-likeness (QED) is 0.694. The maximum atomic E-state index is 11.8. The Bertz CT molecular complexity index is 488. The van der Waals surface area contributed by atoms with Crippen LogP contribution in [-0.2, 0) is 13.6 Å². The van der Waals surface area contributed by atoms with Crippen molar-refractivity contribution in [2.45, 2.75) is 58.9 Å². The van der Waals surface area contributed by atoms with Gasteiger partial charge in [0.15, 0.2) is 0 Å². The van der Waals surface area contributed by atoms with E-state index in [1.165, 1.54) is 37.4 Å². The van der Waals surface area contributed by atoms with E-state index in [9.17, 15) is 9.59 Å². The van der Waals surface area contributed by atoms with E-state index in [4.69, 9.17) is 0 Å². The second kappa shape index (κ2) is 7.13. The van der Waals surface area contributed by atoms with Crippen LogP contribution in [0.25, 0.3) is 0 Å². The second-order valence-electron chi connectivity index (χ2n) is 4.72. The fourth-order valence-corrected chi connectivity index (χ4v) is 1.96. The van der Waals surface area contributed by atoms with Crippen molar-refractivity contribution in [3.05, 3.63) is 26.5 Å². The molecule has 5 heteroatoms. The highest BCUT2D eigenvalue weighted by molar-refractivity contribution is 4.90. The van der Waals surface area contributed by atoms with Crippen molar-refractivity contribution in [2.75, 3.05) is 0 Å². The fourth-order valence-electron chi connectivity index (χ4n) is 1.96. The molecule has 0 saturated heterocycles. The summed E-state index contributed by atoms with van der Waals surface area (Å²) in [6.45, 7) is 4.43. The standard InChI is InChI=1S/C13H23N3O2/c1-4-5-6-7-8-9-10-16-13(18)15(3)12(17)11(2)14-16/h4-10H2,1-3H3. The molecule has 1 heterocycles. The molecule has 0 spiro atoms. The van der Waals surface area contributed by atoms with Gasteiger partial charge >= 0.3 is 5.69 Å². The highest BCUT2D eigenvalue weighted by Crippen LogP contribution is 2.05. The van der Waals surface area contributed by atoms with Gasteiger partial charge in [-0.15, -0.1) is 0 Å². The van der Waals surface area contributed by atoms with Gasteiger partial charge in [0.1, 0.15) is 5.69 Å². The molecule has 1 aromatic rings. The molecule has 0 fully saturated rings. The van der Waals surface area contributed by atoms with Gasteiger partial charge in [-0.1, -0.05) is 39.0 Å². The number of aromatic nitrogens is 3. The van der Waals surface area contributed by atoms with E-state index in [-0.39, 0.29) is 11.2 Å². The summed E-state index contributed by atoms with van der Waals surface area (Å²) < 4.78 is 2.52. The number of hydrogen-bond acceptors (Lipinski definition) is 3. The van der Waals surface area contributed by atoms with E-state index in [1.54, 1.807) is 6.92 Å². The molecule has 0 aliphatic carbocycles. The molecule has 0 bridgehead atoms. The molecule has 0 atom stereocenters. The predicted octanol–water partition coefficient (Wildman–Crippen LogP) is 1.61. The fraction of sp³-hybridized carbons (Fsp3) is 0.769. The first-order chi connectivity index (χ1) is 8.57. The van der Waals surface area contributed by atoms with Crippen molar-refractivity contribution in [1.29, 1.82) is 0 Å². The smallest absolute Gasteiger partial charge is 0.267 e. The summed E-state index contributed by atoms with van der Waals surface area (Å²) in [7, 11) is 1.50.